The van der Waals surface area contributed by atoms with Crippen LogP contribution in [0, 0.1) is 5.92 Å². The van der Waals surface area contributed by atoms with Crippen molar-refractivity contribution in [1.29, 1.82) is 0 Å². The molecule has 23 heavy (non-hydrogen) atoms. The summed E-state index contributed by atoms with van der Waals surface area (Å²) in [5, 5.41) is 5.30. The first-order chi connectivity index (χ1) is 11.0. The van der Waals surface area contributed by atoms with Crippen molar-refractivity contribution >= 4 is 17.4 Å². The smallest absolute Gasteiger partial charge is 0.287 e. The Morgan fingerprint density at radius 1 is 1.43 bits per heavy atom. The van der Waals surface area contributed by atoms with Crippen molar-refractivity contribution in [3.8, 4) is 0 Å². The van der Waals surface area contributed by atoms with Crippen molar-refractivity contribution in [1.82, 2.24) is 25.6 Å². The number of aromatic nitrogens is 2. The fourth-order valence-electron chi connectivity index (χ4n) is 2.67. The van der Waals surface area contributed by atoms with Gasteiger partial charge in [0.2, 0.25) is 5.92 Å². The molecule has 1 fully saturated rings. The van der Waals surface area contributed by atoms with Gasteiger partial charge in [0, 0.05) is 25.2 Å². The minimum absolute atomic E-state index is 0.0831. The van der Waals surface area contributed by atoms with Gasteiger partial charge in [-0.05, 0) is 48.9 Å². The Morgan fingerprint density at radius 3 is 2.91 bits per heavy atom. The van der Waals surface area contributed by atoms with Crippen molar-refractivity contribution in [2.24, 2.45) is 5.92 Å². The lowest BCUT2D eigenvalue weighted by Gasteiger charge is -2.28. The molecular weight excluding hydrogens is 324 g/mol. The van der Waals surface area contributed by atoms with Gasteiger partial charge in [0.1, 0.15) is 0 Å². The molecule has 124 valence electrons. The van der Waals surface area contributed by atoms with Crippen LogP contribution >= 0.6 is 11.5 Å². The highest BCUT2D eigenvalue weighted by molar-refractivity contribution is 7.05. The molecule has 0 atom stereocenters. The van der Waals surface area contributed by atoms with Crippen LogP contribution in [0.2, 0.25) is 0 Å². The number of halogens is 2. The SMILES string of the molecule is O=C(NN1C=CC=CN1)c1nnsc1CC1CCC(F)(F)CC1. The largest absolute Gasteiger partial charge is 0.293 e. The molecule has 0 radical (unpaired) electrons. The van der Waals surface area contributed by atoms with Crippen molar-refractivity contribution in [2.75, 3.05) is 0 Å². The number of nitrogens with zero attached hydrogens (tertiary/aromatic N) is 3. The predicted octanol–water partition coefficient (Wildman–Crippen LogP) is 2.40. The van der Waals surface area contributed by atoms with E-state index in [0.717, 1.165) is 16.4 Å². The van der Waals surface area contributed by atoms with Crippen LogP contribution in [0.3, 0.4) is 0 Å². The Kier molecular flexibility index (Phi) is 4.56. The van der Waals surface area contributed by atoms with Gasteiger partial charge in [0.15, 0.2) is 5.69 Å². The number of carbonyl (C=O) groups is 1. The summed E-state index contributed by atoms with van der Waals surface area (Å²) in [6.45, 7) is 0. The summed E-state index contributed by atoms with van der Waals surface area (Å²) >= 11 is 1.15. The van der Waals surface area contributed by atoms with E-state index >= 15 is 0 Å². The second-order valence-electron chi connectivity index (χ2n) is 5.69. The van der Waals surface area contributed by atoms with E-state index in [1.807, 2.05) is 0 Å². The highest BCUT2D eigenvalue weighted by atomic mass is 32.1. The van der Waals surface area contributed by atoms with Gasteiger partial charge in [-0.25, -0.2) is 19.3 Å². The van der Waals surface area contributed by atoms with Crippen LogP contribution in [0.4, 0.5) is 8.78 Å². The molecule has 0 bridgehead atoms. The quantitative estimate of drug-likeness (QED) is 0.880. The number of rotatable bonds is 4. The first kappa shape index (κ1) is 15.9. The lowest BCUT2D eigenvalue weighted by molar-refractivity contribution is -0.0455. The minimum atomic E-state index is -2.54. The standard InChI is InChI=1S/C14H17F2N5OS/c15-14(16)5-3-10(4-6-14)9-11-12(18-20-23-11)13(22)19-21-8-2-1-7-17-21/h1-2,7-8,10,17H,3-6,9H2,(H,19,22). The first-order valence-electron chi connectivity index (χ1n) is 7.42. The molecular formula is C14H17F2N5OS. The lowest BCUT2D eigenvalue weighted by Crippen LogP contribution is -2.46. The van der Waals surface area contributed by atoms with E-state index < -0.39 is 5.92 Å². The number of allylic oxidation sites excluding steroid dienone is 2. The van der Waals surface area contributed by atoms with Crippen LogP contribution in [0.25, 0.3) is 0 Å². The highest BCUT2D eigenvalue weighted by Gasteiger charge is 2.35. The maximum absolute atomic E-state index is 13.2. The van der Waals surface area contributed by atoms with E-state index in [1.54, 1.807) is 24.6 Å². The molecule has 1 aromatic heterocycles. The second kappa shape index (κ2) is 6.61. The topological polar surface area (TPSA) is 70.2 Å². The normalized spacial score (nSPS) is 20.3. The average Bonchev–Trinajstić information content (AvgIpc) is 2.99. The van der Waals surface area contributed by atoms with Gasteiger partial charge in [-0.1, -0.05) is 4.49 Å². The zero-order valence-corrected chi connectivity index (χ0v) is 13.2. The van der Waals surface area contributed by atoms with Gasteiger partial charge in [0.05, 0.1) is 4.88 Å². The Balaban J connectivity index is 1.59. The van der Waals surface area contributed by atoms with E-state index in [1.165, 1.54) is 5.12 Å². The molecule has 6 nitrogen and oxygen atoms in total. The van der Waals surface area contributed by atoms with Gasteiger partial charge >= 0.3 is 0 Å². The van der Waals surface area contributed by atoms with Crippen LogP contribution < -0.4 is 10.9 Å². The maximum atomic E-state index is 13.2. The molecule has 0 spiro atoms. The zero-order valence-electron chi connectivity index (χ0n) is 12.3. The number of amides is 1. The average molecular weight is 341 g/mol. The fourth-order valence-corrected chi connectivity index (χ4v) is 3.42. The van der Waals surface area contributed by atoms with Crippen LogP contribution in [0.15, 0.2) is 24.6 Å². The summed E-state index contributed by atoms with van der Waals surface area (Å²) in [4.78, 5) is 13.0. The summed E-state index contributed by atoms with van der Waals surface area (Å²) in [5.74, 6) is -2.76. The van der Waals surface area contributed by atoms with Crippen molar-refractivity contribution < 1.29 is 13.6 Å². The van der Waals surface area contributed by atoms with Gasteiger partial charge in [0.25, 0.3) is 5.91 Å². The van der Waals surface area contributed by atoms with Gasteiger partial charge in [-0.3, -0.25) is 10.2 Å². The second-order valence-corrected chi connectivity index (χ2v) is 6.53. The van der Waals surface area contributed by atoms with E-state index in [0.29, 0.717) is 19.3 Å². The minimum Gasteiger partial charge on any atom is -0.287 e. The Bertz CT molecular complexity index is 620. The molecule has 2 N–H and O–H groups in total. The molecule has 1 aliphatic heterocycles. The van der Waals surface area contributed by atoms with Crippen molar-refractivity contribution in [3.05, 3.63) is 35.1 Å². The molecule has 1 saturated carbocycles. The molecule has 1 aliphatic carbocycles. The number of nitrogens with one attached hydrogen (secondary N) is 2. The molecule has 1 aromatic rings. The zero-order chi connectivity index (χ0) is 16.3. The van der Waals surface area contributed by atoms with E-state index in [2.05, 4.69) is 20.4 Å². The van der Waals surface area contributed by atoms with Crippen LogP contribution in [-0.4, -0.2) is 26.5 Å². The van der Waals surface area contributed by atoms with Gasteiger partial charge in [-0.15, -0.1) is 5.10 Å². The number of hydrogen-bond acceptors (Lipinski definition) is 6. The third kappa shape index (κ3) is 4.04. The maximum Gasteiger partial charge on any atom is 0.293 e. The molecule has 1 amide bonds. The monoisotopic (exact) mass is 341 g/mol. The number of hydrogen-bond donors (Lipinski definition) is 2. The van der Waals surface area contributed by atoms with Gasteiger partial charge in [-0.2, -0.15) is 0 Å². The number of alkyl halides is 2. The first-order valence-corrected chi connectivity index (χ1v) is 8.20. The summed E-state index contributed by atoms with van der Waals surface area (Å²) < 4.78 is 30.3. The third-order valence-corrected chi connectivity index (χ3v) is 4.70. The molecule has 9 heteroatoms. The van der Waals surface area contributed by atoms with Crippen LogP contribution in [0.5, 0.6) is 0 Å². The van der Waals surface area contributed by atoms with E-state index in [-0.39, 0.29) is 30.4 Å². The summed E-state index contributed by atoms with van der Waals surface area (Å²) in [7, 11) is 0. The van der Waals surface area contributed by atoms with Crippen LogP contribution in [0.1, 0.15) is 41.0 Å². The van der Waals surface area contributed by atoms with Gasteiger partial charge < -0.3 is 0 Å². The molecule has 0 unspecified atom stereocenters. The Morgan fingerprint density at radius 2 is 2.22 bits per heavy atom. The molecule has 3 rings (SSSR count). The summed E-state index contributed by atoms with van der Waals surface area (Å²) in [6, 6.07) is 0. The Hall–Kier alpha value is -2.03. The summed E-state index contributed by atoms with van der Waals surface area (Å²) in [5.41, 5.74) is 5.73. The molecule has 2 aliphatic rings. The van der Waals surface area contributed by atoms with Crippen molar-refractivity contribution in [3.63, 3.8) is 0 Å². The molecule has 2 heterocycles. The lowest BCUT2D eigenvalue weighted by atomic mass is 9.84. The number of hydrazine groups is 2. The third-order valence-electron chi connectivity index (χ3n) is 3.96. The Labute approximate surface area is 136 Å². The van der Waals surface area contributed by atoms with E-state index in [9.17, 15) is 13.6 Å². The summed E-state index contributed by atoms with van der Waals surface area (Å²) in [6.07, 6.45) is 8.21. The van der Waals surface area contributed by atoms with E-state index in [4.69, 9.17) is 0 Å². The molecule has 0 aromatic carbocycles. The molecule has 0 saturated heterocycles. The van der Waals surface area contributed by atoms with Crippen molar-refractivity contribution in [2.45, 2.75) is 38.0 Å². The highest BCUT2D eigenvalue weighted by Crippen LogP contribution is 2.37. The number of carbonyl (C=O) groups excluding carboxylic acids is 1. The fraction of sp³-hybridized carbons (Fsp3) is 0.500. The van der Waals surface area contributed by atoms with Crippen LogP contribution in [-0.2, 0) is 6.42 Å². The predicted molar refractivity (Wildman–Crippen MR) is 81.2 cm³/mol.